The van der Waals surface area contributed by atoms with E-state index < -0.39 is 0 Å². The number of piperidine rings is 1. The molecule has 0 radical (unpaired) electrons. The number of hydrogen-bond donors (Lipinski definition) is 0. The summed E-state index contributed by atoms with van der Waals surface area (Å²) in [4.78, 5) is 2.50. The first kappa shape index (κ1) is 16.8. The van der Waals surface area contributed by atoms with Crippen molar-refractivity contribution in [3.05, 3.63) is 53.9 Å². The molecule has 0 saturated carbocycles. The van der Waals surface area contributed by atoms with Crippen molar-refractivity contribution in [1.29, 1.82) is 0 Å². The quantitative estimate of drug-likeness (QED) is 0.838. The van der Waals surface area contributed by atoms with Gasteiger partial charge in [-0.2, -0.15) is 5.10 Å². The summed E-state index contributed by atoms with van der Waals surface area (Å²) in [5, 5.41) is 4.26. The molecule has 2 aliphatic rings. The summed E-state index contributed by atoms with van der Waals surface area (Å²) in [5.74, 6) is 0. The average molecular weight is 341 g/mol. The molecule has 1 aromatic heterocycles. The van der Waals surface area contributed by atoms with Crippen molar-refractivity contribution in [2.75, 3.05) is 19.7 Å². The van der Waals surface area contributed by atoms with Crippen LogP contribution in [0, 0.1) is 0 Å². The molecule has 0 amide bonds. The highest BCUT2D eigenvalue weighted by Crippen LogP contribution is 2.37. The Hall–Kier alpha value is -1.69. The Kier molecular flexibility index (Phi) is 4.88. The van der Waals surface area contributed by atoms with E-state index in [2.05, 4.69) is 40.5 Å². The number of rotatable bonds is 5. The number of hydrogen-bond acceptors (Lipinski definition) is 4. The van der Waals surface area contributed by atoms with Gasteiger partial charge in [0, 0.05) is 44.9 Å². The van der Waals surface area contributed by atoms with E-state index in [0.29, 0.717) is 6.61 Å². The Morgan fingerprint density at radius 2 is 2.00 bits per heavy atom. The van der Waals surface area contributed by atoms with Crippen LogP contribution in [0.3, 0.4) is 0 Å². The third-order valence-electron chi connectivity index (χ3n) is 5.44. The zero-order valence-corrected chi connectivity index (χ0v) is 14.9. The van der Waals surface area contributed by atoms with Crippen LogP contribution < -0.4 is 0 Å². The standard InChI is InChI=1S/C20H27N3O2/c1-22-13-18(12-21-22)14-23-9-7-20(8-10-23)11-19(16-25-20)24-15-17-5-3-2-4-6-17/h2-6,12-13,19H,7-11,14-16H2,1H3. The van der Waals surface area contributed by atoms with Gasteiger partial charge < -0.3 is 9.47 Å². The van der Waals surface area contributed by atoms with Crippen LogP contribution in [0.2, 0.25) is 0 Å². The van der Waals surface area contributed by atoms with Gasteiger partial charge in [-0.15, -0.1) is 0 Å². The molecule has 0 aliphatic carbocycles. The van der Waals surface area contributed by atoms with Crippen LogP contribution >= 0.6 is 0 Å². The minimum absolute atomic E-state index is 0.0345. The number of aryl methyl sites for hydroxylation is 1. The van der Waals surface area contributed by atoms with E-state index in [4.69, 9.17) is 9.47 Å². The molecule has 0 bridgehead atoms. The zero-order chi connectivity index (χ0) is 17.1. The summed E-state index contributed by atoms with van der Waals surface area (Å²) in [6, 6.07) is 10.4. The summed E-state index contributed by atoms with van der Waals surface area (Å²) < 4.78 is 14.2. The third-order valence-corrected chi connectivity index (χ3v) is 5.44. The number of likely N-dealkylation sites (tertiary alicyclic amines) is 1. The highest BCUT2D eigenvalue weighted by molar-refractivity contribution is 5.13. The number of nitrogens with zero attached hydrogens (tertiary/aromatic N) is 3. The lowest BCUT2D eigenvalue weighted by atomic mass is 9.88. The van der Waals surface area contributed by atoms with Crippen LogP contribution in [0.1, 0.15) is 30.4 Å². The normalized spacial score (nSPS) is 23.3. The molecule has 4 rings (SSSR count). The first-order valence-electron chi connectivity index (χ1n) is 9.20. The second-order valence-electron chi connectivity index (χ2n) is 7.42. The van der Waals surface area contributed by atoms with Crippen molar-refractivity contribution in [3.63, 3.8) is 0 Å². The molecule has 25 heavy (non-hydrogen) atoms. The predicted octanol–water partition coefficient (Wildman–Crippen LogP) is 2.76. The Bertz CT molecular complexity index is 677. The molecule has 5 nitrogen and oxygen atoms in total. The largest absolute Gasteiger partial charge is 0.372 e. The molecule has 3 heterocycles. The van der Waals surface area contributed by atoms with Crippen LogP contribution in [0.4, 0.5) is 0 Å². The van der Waals surface area contributed by atoms with Gasteiger partial charge >= 0.3 is 0 Å². The number of benzene rings is 1. The van der Waals surface area contributed by atoms with Crippen molar-refractivity contribution in [2.45, 2.75) is 44.1 Å². The summed E-state index contributed by atoms with van der Waals surface area (Å²) >= 11 is 0. The summed E-state index contributed by atoms with van der Waals surface area (Å²) in [5.41, 5.74) is 2.55. The molecule has 1 atom stereocenters. The summed E-state index contributed by atoms with van der Waals surface area (Å²) in [6.45, 7) is 4.56. The molecule has 1 unspecified atom stereocenters. The lowest BCUT2D eigenvalue weighted by Crippen LogP contribution is -2.43. The Morgan fingerprint density at radius 3 is 2.72 bits per heavy atom. The fourth-order valence-corrected chi connectivity index (χ4v) is 3.98. The fourth-order valence-electron chi connectivity index (χ4n) is 3.98. The van der Waals surface area contributed by atoms with Gasteiger partial charge in [-0.1, -0.05) is 30.3 Å². The monoisotopic (exact) mass is 341 g/mol. The number of aromatic nitrogens is 2. The van der Waals surface area contributed by atoms with E-state index in [1.807, 2.05) is 24.0 Å². The highest BCUT2D eigenvalue weighted by atomic mass is 16.6. The van der Waals surface area contributed by atoms with E-state index >= 15 is 0 Å². The SMILES string of the molecule is Cn1cc(CN2CCC3(CC2)CC(OCc2ccccc2)CO3)cn1. The van der Waals surface area contributed by atoms with E-state index in [0.717, 1.165) is 45.5 Å². The van der Waals surface area contributed by atoms with Gasteiger partial charge in [0.2, 0.25) is 0 Å². The highest BCUT2D eigenvalue weighted by Gasteiger charge is 2.43. The first-order valence-corrected chi connectivity index (χ1v) is 9.20. The van der Waals surface area contributed by atoms with Gasteiger partial charge in [-0.25, -0.2) is 0 Å². The molecule has 1 spiro atoms. The molecule has 5 heteroatoms. The lowest BCUT2D eigenvalue weighted by Gasteiger charge is -2.38. The third kappa shape index (κ3) is 4.11. The van der Waals surface area contributed by atoms with Crippen molar-refractivity contribution in [3.8, 4) is 0 Å². The summed E-state index contributed by atoms with van der Waals surface area (Å²) in [7, 11) is 1.97. The lowest BCUT2D eigenvalue weighted by molar-refractivity contribution is -0.0468. The minimum Gasteiger partial charge on any atom is -0.372 e. The van der Waals surface area contributed by atoms with Crippen molar-refractivity contribution < 1.29 is 9.47 Å². The minimum atomic E-state index is 0.0345. The Balaban J connectivity index is 1.24. The van der Waals surface area contributed by atoms with Gasteiger partial charge in [0.1, 0.15) is 0 Å². The van der Waals surface area contributed by atoms with Crippen molar-refractivity contribution >= 4 is 0 Å². The van der Waals surface area contributed by atoms with Crippen LogP contribution in [-0.2, 0) is 29.7 Å². The Morgan fingerprint density at radius 1 is 1.20 bits per heavy atom. The topological polar surface area (TPSA) is 39.5 Å². The molecular formula is C20H27N3O2. The first-order chi connectivity index (χ1) is 12.2. The molecule has 2 fully saturated rings. The van der Waals surface area contributed by atoms with Crippen LogP contribution in [-0.4, -0.2) is 46.1 Å². The maximum atomic E-state index is 6.22. The van der Waals surface area contributed by atoms with Gasteiger partial charge in [-0.3, -0.25) is 9.58 Å². The van der Waals surface area contributed by atoms with Crippen LogP contribution in [0.5, 0.6) is 0 Å². The van der Waals surface area contributed by atoms with E-state index in [9.17, 15) is 0 Å². The summed E-state index contributed by atoms with van der Waals surface area (Å²) in [6.07, 6.45) is 7.51. The second-order valence-corrected chi connectivity index (χ2v) is 7.42. The van der Waals surface area contributed by atoms with E-state index in [-0.39, 0.29) is 11.7 Å². The zero-order valence-electron chi connectivity index (χ0n) is 14.9. The number of ether oxygens (including phenoxy) is 2. The van der Waals surface area contributed by atoms with E-state index in [1.54, 1.807) is 0 Å². The van der Waals surface area contributed by atoms with Crippen molar-refractivity contribution in [2.24, 2.45) is 7.05 Å². The van der Waals surface area contributed by atoms with Gasteiger partial charge in [0.05, 0.1) is 31.1 Å². The maximum absolute atomic E-state index is 6.22. The van der Waals surface area contributed by atoms with Crippen molar-refractivity contribution in [1.82, 2.24) is 14.7 Å². The van der Waals surface area contributed by atoms with Gasteiger partial charge in [-0.05, 0) is 18.4 Å². The van der Waals surface area contributed by atoms with Gasteiger partial charge in [0.25, 0.3) is 0 Å². The smallest absolute Gasteiger partial charge is 0.0840 e. The molecule has 134 valence electrons. The molecule has 0 N–H and O–H groups in total. The van der Waals surface area contributed by atoms with Gasteiger partial charge in [0.15, 0.2) is 0 Å². The van der Waals surface area contributed by atoms with E-state index in [1.165, 1.54) is 11.1 Å². The molecule has 2 aromatic rings. The molecule has 2 aliphatic heterocycles. The van der Waals surface area contributed by atoms with Crippen LogP contribution in [0.25, 0.3) is 0 Å². The van der Waals surface area contributed by atoms with Crippen LogP contribution in [0.15, 0.2) is 42.7 Å². The molecule has 1 aromatic carbocycles. The predicted molar refractivity (Wildman–Crippen MR) is 96.0 cm³/mol. The molecule has 2 saturated heterocycles. The average Bonchev–Trinajstić information content (AvgIpc) is 3.23. The molecular weight excluding hydrogens is 314 g/mol. The maximum Gasteiger partial charge on any atom is 0.0840 e. The fraction of sp³-hybridized carbons (Fsp3) is 0.550. The Labute approximate surface area is 149 Å². The second kappa shape index (κ2) is 7.28.